The van der Waals surface area contributed by atoms with Crippen molar-refractivity contribution in [3.63, 3.8) is 0 Å². The summed E-state index contributed by atoms with van der Waals surface area (Å²) in [5, 5.41) is 0.589. The number of para-hydroxylation sites is 2. The van der Waals surface area contributed by atoms with Gasteiger partial charge in [-0.05, 0) is 24.3 Å². The van der Waals surface area contributed by atoms with Crippen molar-refractivity contribution < 1.29 is 9.53 Å². The maximum Gasteiger partial charge on any atom is 0.262 e. The molecule has 2 aliphatic heterocycles. The van der Waals surface area contributed by atoms with Crippen molar-refractivity contribution in [1.29, 1.82) is 0 Å². The van der Waals surface area contributed by atoms with E-state index in [0.29, 0.717) is 48.5 Å². The lowest BCUT2D eigenvalue weighted by Crippen LogP contribution is -2.51. The van der Waals surface area contributed by atoms with Crippen molar-refractivity contribution >= 4 is 29.2 Å². The number of ether oxygens (including phenoxy) is 1. The zero-order valence-corrected chi connectivity index (χ0v) is 13.7. The summed E-state index contributed by atoms with van der Waals surface area (Å²) < 4.78 is 5.80. The second-order valence-electron chi connectivity index (χ2n) is 5.59. The number of halogens is 1. The zero-order valence-electron chi connectivity index (χ0n) is 13.0. The van der Waals surface area contributed by atoms with Crippen molar-refractivity contribution in [3.05, 3.63) is 59.1 Å². The molecule has 0 aromatic heterocycles. The van der Waals surface area contributed by atoms with Crippen LogP contribution in [0, 0.1) is 0 Å². The van der Waals surface area contributed by atoms with Crippen LogP contribution in [0.15, 0.2) is 53.5 Å². The lowest BCUT2D eigenvalue weighted by atomic mass is 10.1. The predicted molar refractivity (Wildman–Crippen MR) is 94.1 cm³/mol. The van der Waals surface area contributed by atoms with Gasteiger partial charge in [-0.15, -0.1) is 0 Å². The molecule has 24 heavy (non-hydrogen) atoms. The molecule has 0 saturated carbocycles. The van der Waals surface area contributed by atoms with Crippen molar-refractivity contribution in [3.8, 4) is 5.75 Å². The van der Waals surface area contributed by atoms with Gasteiger partial charge in [0.25, 0.3) is 5.91 Å². The molecule has 4 rings (SSSR count). The summed E-state index contributed by atoms with van der Waals surface area (Å²) in [5.74, 6) is 1.39. The lowest BCUT2D eigenvalue weighted by molar-refractivity contribution is 0.0851. The largest absolute Gasteiger partial charge is 0.490 e. The molecule has 2 heterocycles. The van der Waals surface area contributed by atoms with E-state index in [9.17, 15) is 4.79 Å². The van der Waals surface area contributed by atoms with E-state index in [1.165, 1.54) is 0 Å². The number of benzene rings is 2. The molecule has 0 spiro atoms. The van der Waals surface area contributed by atoms with Crippen LogP contribution in [0.4, 0.5) is 5.69 Å². The molecule has 0 aliphatic carbocycles. The fourth-order valence-corrected chi connectivity index (χ4v) is 3.22. The minimum absolute atomic E-state index is 0.0186. The number of guanidine groups is 1. The second-order valence-corrected chi connectivity index (χ2v) is 5.99. The quantitative estimate of drug-likeness (QED) is 0.858. The van der Waals surface area contributed by atoms with Crippen LogP contribution in [-0.4, -0.2) is 43.0 Å². The Labute approximate surface area is 145 Å². The average Bonchev–Trinajstić information content (AvgIpc) is 3.09. The van der Waals surface area contributed by atoms with E-state index >= 15 is 0 Å². The van der Waals surface area contributed by atoms with Crippen molar-refractivity contribution in [2.45, 2.75) is 0 Å². The van der Waals surface area contributed by atoms with Gasteiger partial charge in [-0.2, -0.15) is 0 Å². The molecule has 0 atom stereocenters. The van der Waals surface area contributed by atoms with Crippen LogP contribution in [0.1, 0.15) is 10.4 Å². The monoisotopic (exact) mass is 341 g/mol. The van der Waals surface area contributed by atoms with E-state index in [1.807, 2.05) is 47.4 Å². The van der Waals surface area contributed by atoms with Gasteiger partial charge in [0.1, 0.15) is 12.4 Å². The highest BCUT2D eigenvalue weighted by Crippen LogP contribution is 2.30. The minimum Gasteiger partial charge on any atom is -0.490 e. The van der Waals surface area contributed by atoms with Gasteiger partial charge >= 0.3 is 0 Å². The van der Waals surface area contributed by atoms with Crippen molar-refractivity contribution in [2.24, 2.45) is 4.99 Å². The molecular formula is C18H16ClN3O2. The molecule has 6 heteroatoms. The van der Waals surface area contributed by atoms with Crippen molar-refractivity contribution in [2.75, 3.05) is 31.1 Å². The highest BCUT2D eigenvalue weighted by atomic mass is 35.5. The van der Waals surface area contributed by atoms with E-state index < -0.39 is 0 Å². The van der Waals surface area contributed by atoms with Crippen LogP contribution in [0.25, 0.3) is 0 Å². The van der Waals surface area contributed by atoms with Gasteiger partial charge in [0, 0.05) is 6.54 Å². The number of rotatable bonds is 4. The summed E-state index contributed by atoms with van der Waals surface area (Å²) in [6, 6.07) is 15.0. The Morgan fingerprint density at radius 3 is 2.79 bits per heavy atom. The van der Waals surface area contributed by atoms with E-state index in [0.717, 1.165) is 5.69 Å². The molecule has 0 N–H and O–H groups in total. The van der Waals surface area contributed by atoms with Gasteiger partial charge in [0.05, 0.1) is 29.4 Å². The Kier molecular flexibility index (Phi) is 3.86. The smallest absolute Gasteiger partial charge is 0.262 e. The number of carbonyl (C=O) groups is 1. The number of fused-ring (bicyclic) bond motifs is 2. The van der Waals surface area contributed by atoms with Crippen LogP contribution < -0.4 is 9.64 Å². The van der Waals surface area contributed by atoms with E-state index in [4.69, 9.17) is 16.3 Å². The third-order valence-electron chi connectivity index (χ3n) is 4.14. The fraction of sp³-hybridized carbons (Fsp3) is 0.222. The molecule has 122 valence electrons. The van der Waals surface area contributed by atoms with Crippen LogP contribution in [0.2, 0.25) is 5.02 Å². The van der Waals surface area contributed by atoms with Crippen LogP contribution in [0.5, 0.6) is 5.75 Å². The van der Waals surface area contributed by atoms with Gasteiger partial charge < -0.3 is 9.64 Å². The predicted octanol–water partition coefficient (Wildman–Crippen LogP) is 3.05. The van der Waals surface area contributed by atoms with E-state index in [-0.39, 0.29) is 5.91 Å². The first-order valence-corrected chi connectivity index (χ1v) is 8.24. The van der Waals surface area contributed by atoms with Gasteiger partial charge in [0.2, 0.25) is 5.96 Å². The summed E-state index contributed by atoms with van der Waals surface area (Å²) in [4.78, 5) is 20.8. The van der Waals surface area contributed by atoms with Gasteiger partial charge in [-0.3, -0.25) is 14.7 Å². The molecule has 2 aromatic rings. The molecule has 0 radical (unpaired) electrons. The number of aliphatic imine (C=N–C) groups is 1. The Morgan fingerprint density at radius 1 is 1.12 bits per heavy atom. The molecule has 0 bridgehead atoms. The van der Waals surface area contributed by atoms with Crippen LogP contribution >= 0.6 is 11.6 Å². The first-order chi connectivity index (χ1) is 11.8. The third kappa shape index (κ3) is 2.51. The summed E-state index contributed by atoms with van der Waals surface area (Å²) in [6.45, 7) is 2.30. The molecule has 2 aromatic carbocycles. The summed E-state index contributed by atoms with van der Waals surface area (Å²) in [6.07, 6.45) is 0. The molecule has 2 aliphatic rings. The normalized spacial score (nSPS) is 15.9. The van der Waals surface area contributed by atoms with Crippen LogP contribution in [0.3, 0.4) is 0 Å². The number of amides is 1. The number of carbonyl (C=O) groups excluding carboxylic acids is 1. The zero-order chi connectivity index (χ0) is 16.5. The molecule has 5 nitrogen and oxygen atoms in total. The van der Waals surface area contributed by atoms with Crippen molar-refractivity contribution in [1.82, 2.24) is 4.90 Å². The summed E-state index contributed by atoms with van der Waals surface area (Å²) in [5.41, 5.74) is 1.58. The first kappa shape index (κ1) is 15.0. The first-order valence-electron chi connectivity index (χ1n) is 7.86. The standard InChI is InChI=1S/C18H16ClN3O2/c19-14-6-2-4-8-16(14)24-12-11-21-15-7-3-1-5-13(15)17(23)22-10-9-20-18(21)22/h1-8H,9-12H2. The molecule has 0 saturated heterocycles. The summed E-state index contributed by atoms with van der Waals surface area (Å²) in [7, 11) is 0. The SMILES string of the molecule is O=C1c2ccccc2N(CCOc2ccccc2Cl)C2=NCCN12. The Balaban J connectivity index is 1.56. The molecule has 0 fully saturated rings. The third-order valence-corrected chi connectivity index (χ3v) is 4.45. The average molecular weight is 342 g/mol. The van der Waals surface area contributed by atoms with Crippen LogP contribution in [-0.2, 0) is 0 Å². The Morgan fingerprint density at radius 2 is 1.92 bits per heavy atom. The lowest BCUT2D eigenvalue weighted by Gasteiger charge is -2.35. The number of anilines is 1. The van der Waals surface area contributed by atoms with Gasteiger partial charge in [0.15, 0.2) is 0 Å². The second kappa shape index (κ2) is 6.17. The number of hydrogen-bond acceptors (Lipinski definition) is 4. The Bertz CT molecular complexity index is 821. The topological polar surface area (TPSA) is 45.1 Å². The number of hydrogen-bond donors (Lipinski definition) is 0. The van der Waals surface area contributed by atoms with Gasteiger partial charge in [-0.25, -0.2) is 0 Å². The maximum atomic E-state index is 12.6. The number of nitrogens with zero attached hydrogens (tertiary/aromatic N) is 3. The van der Waals surface area contributed by atoms with E-state index in [1.54, 1.807) is 11.0 Å². The molecule has 1 amide bonds. The molecule has 0 unspecified atom stereocenters. The maximum absolute atomic E-state index is 12.6. The van der Waals surface area contributed by atoms with Gasteiger partial charge in [-0.1, -0.05) is 35.9 Å². The highest BCUT2D eigenvalue weighted by Gasteiger charge is 2.36. The van der Waals surface area contributed by atoms with E-state index in [2.05, 4.69) is 4.99 Å². The summed E-state index contributed by atoms with van der Waals surface area (Å²) >= 11 is 6.12. The minimum atomic E-state index is 0.0186. The highest BCUT2D eigenvalue weighted by molar-refractivity contribution is 6.32. The Hall–Kier alpha value is -2.53. The molecular weight excluding hydrogens is 326 g/mol. The fourth-order valence-electron chi connectivity index (χ4n) is 3.03.